The number of oxazole rings is 1. The quantitative estimate of drug-likeness (QED) is 0.718. The van der Waals surface area contributed by atoms with Crippen LogP contribution < -0.4 is 0 Å². The lowest BCUT2D eigenvalue weighted by molar-refractivity contribution is -0.131. The van der Waals surface area contributed by atoms with E-state index in [4.69, 9.17) is 4.42 Å². The number of hydrogen-bond donors (Lipinski definition) is 0. The van der Waals surface area contributed by atoms with E-state index in [1.165, 1.54) is 6.39 Å². The smallest absolute Gasteiger partial charge is 0.253 e. The summed E-state index contributed by atoms with van der Waals surface area (Å²) in [6.07, 6.45) is 1.73. The summed E-state index contributed by atoms with van der Waals surface area (Å²) in [7, 11) is 0. The second-order valence-corrected chi connectivity index (χ2v) is 6.87. The average Bonchev–Trinajstić information content (AvgIpc) is 3.16. The van der Waals surface area contributed by atoms with Crippen molar-refractivity contribution in [1.82, 2.24) is 14.8 Å². The molecule has 1 aliphatic heterocycles. The Labute approximate surface area is 157 Å². The fourth-order valence-corrected chi connectivity index (χ4v) is 3.33. The van der Waals surface area contributed by atoms with Crippen LogP contribution in [0, 0.1) is 6.92 Å². The van der Waals surface area contributed by atoms with E-state index in [9.17, 15) is 9.59 Å². The summed E-state index contributed by atoms with van der Waals surface area (Å²) in [6, 6.07) is 13.2. The topological polar surface area (TPSA) is 66.7 Å². The van der Waals surface area contributed by atoms with Crippen LogP contribution in [0.5, 0.6) is 0 Å². The third kappa shape index (κ3) is 3.69. The number of carbonyl (C=O) groups excluding carboxylic acids is 2. The Balaban J connectivity index is 1.34. The highest BCUT2D eigenvalue weighted by Crippen LogP contribution is 2.16. The predicted molar refractivity (Wildman–Crippen MR) is 101 cm³/mol. The second-order valence-electron chi connectivity index (χ2n) is 6.87. The minimum Gasteiger partial charge on any atom is -0.443 e. The molecule has 1 aromatic heterocycles. The third-order valence-electron chi connectivity index (χ3n) is 4.97. The van der Waals surface area contributed by atoms with Crippen LogP contribution in [0.3, 0.4) is 0 Å². The molecule has 2 heterocycles. The van der Waals surface area contributed by atoms with E-state index in [0.717, 1.165) is 16.6 Å². The lowest BCUT2D eigenvalue weighted by Crippen LogP contribution is -2.51. The summed E-state index contributed by atoms with van der Waals surface area (Å²) >= 11 is 0. The summed E-state index contributed by atoms with van der Waals surface area (Å²) in [6.45, 7) is 4.22. The number of rotatable bonds is 3. The Bertz CT molecular complexity index is 970. The fraction of sp³-hybridized carbons (Fsp3) is 0.286. The first-order valence-corrected chi connectivity index (χ1v) is 9.06. The summed E-state index contributed by atoms with van der Waals surface area (Å²) in [5, 5.41) is 0. The van der Waals surface area contributed by atoms with Gasteiger partial charge in [-0.2, -0.15) is 0 Å². The Hall–Kier alpha value is -3.15. The fourth-order valence-electron chi connectivity index (χ4n) is 3.33. The molecule has 6 heteroatoms. The zero-order valence-electron chi connectivity index (χ0n) is 15.2. The molecular formula is C21H21N3O3. The van der Waals surface area contributed by atoms with Crippen molar-refractivity contribution in [1.29, 1.82) is 0 Å². The number of nitrogens with zero attached hydrogens (tertiary/aromatic N) is 3. The van der Waals surface area contributed by atoms with Crippen molar-refractivity contribution in [3.63, 3.8) is 0 Å². The van der Waals surface area contributed by atoms with Crippen molar-refractivity contribution in [2.24, 2.45) is 0 Å². The first kappa shape index (κ1) is 17.3. The molecule has 27 heavy (non-hydrogen) atoms. The number of fused-ring (bicyclic) bond motifs is 1. The number of hydrogen-bond acceptors (Lipinski definition) is 4. The first-order chi connectivity index (χ1) is 13.1. The molecule has 1 saturated heterocycles. The molecule has 2 amide bonds. The predicted octanol–water partition coefficient (Wildman–Crippen LogP) is 2.66. The molecule has 138 valence electrons. The maximum atomic E-state index is 12.6. The lowest BCUT2D eigenvalue weighted by Gasteiger charge is -2.35. The molecule has 1 aliphatic rings. The van der Waals surface area contributed by atoms with Gasteiger partial charge in [0.2, 0.25) is 5.91 Å². The number of amides is 2. The van der Waals surface area contributed by atoms with E-state index in [0.29, 0.717) is 43.7 Å². The monoisotopic (exact) mass is 363 g/mol. The summed E-state index contributed by atoms with van der Waals surface area (Å²) < 4.78 is 5.30. The van der Waals surface area contributed by atoms with Gasteiger partial charge in [-0.3, -0.25) is 9.59 Å². The van der Waals surface area contributed by atoms with E-state index in [1.807, 2.05) is 59.2 Å². The molecule has 0 radical (unpaired) electrons. The van der Waals surface area contributed by atoms with Crippen LogP contribution in [-0.2, 0) is 11.2 Å². The number of benzene rings is 2. The van der Waals surface area contributed by atoms with E-state index in [2.05, 4.69) is 4.98 Å². The van der Waals surface area contributed by atoms with Gasteiger partial charge < -0.3 is 14.2 Å². The zero-order chi connectivity index (χ0) is 18.8. The van der Waals surface area contributed by atoms with Gasteiger partial charge >= 0.3 is 0 Å². The van der Waals surface area contributed by atoms with Gasteiger partial charge in [0.15, 0.2) is 12.0 Å². The summed E-state index contributed by atoms with van der Waals surface area (Å²) in [5.74, 6) is 0.0918. The molecular weight excluding hydrogens is 342 g/mol. The van der Waals surface area contributed by atoms with Gasteiger partial charge in [0.25, 0.3) is 5.91 Å². The van der Waals surface area contributed by atoms with Gasteiger partial charge in [-0.05, 0) is 36.8 Å². The normalized spacial score (nSPS) is 14.6. The van der Waals surface area contributed by atoms with Gasteiger partial charge in [0.05, 0.1) is 6.42 Å². The molecule has 3 aromatic rings. The molecule has 6 nitrogen and oxygen atoms in total. The average molecular weight is 363 g/mol. The maximum Gasteiger partial charge on any atom is 0.253 e. The highest BCUT2D eigenvalue weighted by molar-refractivity contribution is 5.94. The molecule has 0 saturated carbocycles. The summed E-state index contributed by atoms with van der Waals surface area (Å²) in [5.41, 5.74) is 4.21. The third-order valence-corrected chi connectivity index (χ3v) is 4.97. The van der Waals surface area contributed by atoms with Gasteiger partial charge in [0.1, 0.15) is 5.52 Å². The minimum atomic E-state index is 0.0258. The van der Waals surface area contributed by atoms with Gasteiger partial charge in [0, 0.05) is 31.7 Å². The van der Waals surface area contributed by atoms with Crippen molar-refractivity contribution in [3.05, 3.63) is 65.5 Å². The molecule has 1 fully saturated rings. The van der Waals surface area contributed by atoms with Crippen LogP contribution in [0.2, 0.25) is 0 Å². The molecule has 0 spiro atoms. The van der Waals surface area contributed by atoms with E-state index >= 15 is 0 Å². The minimum absolute atomic E-state index is 0.0258. The van der Waals surface area contributed by atoms with E-state index < -0.39 is 0 Å². The molecule has 0 unspecified atom stereocenters. The van der Waals surface area contributed by atoms with Crippen LogP contribution in [-0.4, -0.2) is 52.8 Å². The second kappa shape index (κ2) is 7.23. The van der Waals surface area contributed by atoms with Crippen LogP contribution in [0.4, 0.5) is 0 Å². The van der Waals surface area contributed by atoms with Gasteiger partial charge in [-0.15, -0.1) is 0 Å². The van der Waals surface area contributed by atoms with Crippen LogP contribution in [0.1, 0.15) is 21.5 Å². The van der Waals surface area contributed by atoms with E-state index in [-0.39, 0.29) is 11.8 Å². The molecule has 2 aromatic carbocycles. The molecule has 4 rings (SSSR count). The van der Waals surface area contributed by atoms with Crippen LogP contribution >= 0.6 is 0 Å². The van der Waals surface area contributed by atoms with Gasteiger partial charge in [-0.1, -0.05) is 23.8 Å². The Morgan fingerprint density at radius 3 is 2.44 bits per heavy atom. The number of aryl methyl sites for hydroxylation is 1. The molecule has 0 aliphatic carbocycles. The summed E-state index contributed by atoms with van der Waals surface area (Å²) in [4.78, 5) is 32.9. The lowest BCUT2D eigenvalue weighted by atomic mass is 10.1. The highest BCUT2D eigenvalue weighted by Gasteiger charge is 2.24. The molecule has 0 bridgehead atoms. The van der Waals surface area contributed by atoms with Crippen molar-refractivity contribution < 1.29 is 14.0 Å². The Kier molecular flexibility index (Phi) is 4.62. The largest absolute Gasteiger partial charge is 0.443 e. The molecule has 0 N–H and O–H groups in total. The Morgan fingerprint density at radius 2 is 1.70 bits per heavy atom. The first-order valence-electron chi connectivity index (χ1n) is 9.06. The van der Waals surface area contributed by atoms with Crippen molar-refractivity contribution in [3.8, 4) is 0 Å². The highest BCUT2D eigenvalue weighted by atomic mass is 16.3. The number of carbonyl (C=O) groups is 2. The van der Waals surface area contributed by atoms with Crippen molar-refractivity contribution in [2.75, 3.05) is 26.2 Å². The number of aromatic nitrogens is 1. The van der Waals surface area contributed by atoms with Gasteiger partial charge in [-0.25, -0.2) is 4.98 Å². The zero-order valence-corrected chi connectivity index (χ0v) is 15.2. The Morgan fingerprint density at radius 1 is 1.00 bits per heavy atom. The maximum absolute atomic E-state index is 12.6. The number of piperazine rings is 1. The SMILES string of the molecule is Cc1ccc(C(=O)N2CCN(C(=O)Cc3ccc4ncoc4c3)CC2)cc1. The van der Waals surface area contributed by atoms with E-state index in [1.54, 1.807) is 0 Å². The van der Waals surface area contributed by atoms with Crippen molar-refractivity contribution >= 4 is 22.9 Å². The van der Waals surface area contributed by atoms with Crippen molar-refractivity contribution in [2.45, 2.75) is 13.3 Å². The van der Waals surface area contributed by atoms with Crippen LogP contribution in [0.15, 0.2) is 53.3 Å². The molecule has 0 atom stereocenters. The van der Waals surface area contributed by atoms with Crippen LogP contribution in [0.25, 0.3) is 11.1 Å². The standard InChI is InChI=1S/C21H21N3O3/c1-15-2-5-17(6-3-15)21(26)24-10-8-23(9-11-24)20(25)13-16-4-7-18-19(12-16)27-14-22-18/h2-7,12,14H,8-11,13H2,1H3.